The van der Waals surface area contributed by atoms with Crippen LogP contribution in [-0.2, 0) is 25.7 Å². The number of fused-ring (bicyclic) bond motifs is 1. The van der Waals surface area contributed by atoms with Crippen molar-refractivity contribution in [3.63, 3.8) is 0 Å². The van der Waals surface area contributed by atoms with E-state index in [0.717, 1.165) is 10.5 Å². The number of aliphatic imine (C=N–C) groups is 1. The van der Waals surface area contributed by atoms with Crippen LogP contribution in [0.25, 0.3) is 0 Å². The molecule has 238 valence electrons. The molecule has 0 spiro atoms. The lowest BCUT2D eigenvalue weighted by Gasteiger charge is -2.30. The van der Waals surface area contributed by atoms with Gasteiger partial charge in [0, 0.05) is 18.5 Å². The minimum atomic E-state index is -5.40. The first-order valence-electron chi connectivity index (χ1n) is 14.1. The number of halogens is 3. The molecule has 10 nitrogen and oxygen atoms in total. The predicted octanol–water partition coefficient (Wildman–Crippen LogP) is 3.84. The van der Waals surface area contributed by atoms with Gasteiger partial charge < -0.3 is 26.0 Å². The average Bonchev–Trinajstić information content (AvgIpc) is 3.12. The zero-order valence-corrected chi connectivity index (χ0v) is 24.5. The zero-order chi connectivity index (χ0) is 33.3. The van der Waals surface area contributed by atoms with Gasteiger partial charge in [0.1, 0.15) is 6.54 Å². The fourth-order valence-corrected chi connectivity index (χ4v) is 4.79. The molecule has 3 aromatic carbocycles. The van der Waals surface area contributed by atoms with E-state index in [2.05, 4.69) is 21.6 Å². The van der Waals surface area contributed by atoms with Gasteiger partial charge >= 0.3 is 18.1 Å². The molecule has 0 aliphatic carbocycles. The number of nitrogens with two attached hydrogens (primary N) is 2. The summed E-state index contributed by atoms with van der Waals surface area (Å²) in [5, 5.41) is 0. The van der Waals surface area contributed by atoms with Gasteiger partial charge in [-0.3, -0.25) is 19.4 Å². The molecular weight excluding hydrogens is 603 g/mol. The van der Waals surface area contributed by atoms with Crippen molar-refractivity contribution in [2.24, 2.45) is 16.5 Å². The van der Waals surface area contributed by atoms with Crippen LogP contribution in [-0.4, -0.2) is 53.9 Å². The van der Waals surface area contributed by atoms with Gasteiger partial charge in [-0.25, -0.2) is 4.79 Å². The number of hydrogen-bond acceptors (Lipinski definition) is 6. The molecule has 1 aliphatic rings. The van der Waals surface area contributed by atoms with Gasteiger partial charge in [-0.2, -0.15) is 13.2 Å². The van der Waals surface area contributed by atoms with Crippen LogP contribution in [0.2, 0.25) is 0 Å². The van der Waals surface area contributed by atoms with E-state index in [1.165, 1.54) is 11.0 Å². The van der Waals surface area contributed by atoms with Gasteiger partial charge in [0.05, 0.1) is 30.3 Å². The first-order valence-corrected chi connectivity index (χ1v) is 14.1. The molecule has 0 saturated heterocycles. The summed E-state index contributed by atoms with van der Waals surface area (Å²) in [6.07, 6.45) is -5.17. The molecule has 1 heterocycles. The van der Waals surface area contributed by atoms with Crippen molar-refractivity contribution >= 4 is 35.4 Å². The second-order valence-corrected chi connectivity index (χ2v) is 10.2. The second kappa shape index (κ2) is 14.9. The maximum atomic E-state index is 14.3. The van der Waals surface area contributed by atoms with Crippen molar-refractivity contribution in [2.45, 2.75) is 38.0 Å². The summed E-state index contributed by atoms with van der Waals surface area (Å²) < 4.78 is 42.5. The molecule has 0 bridgehead atoms. The van der Waals surface area contributed by atoms with Crippen molar-refractivity contribution in [3.8, 4) is 11.8 Å². The van der Waals surface area contributed by atoms with Crippen molar-refractivity contribution in [2.75, 3.05) is 18.0 Å². The largest absolute Gasteiger partial charge is 0.491 e. The van der Waals surface area contributed by atoms with E-state index in [0.29, 0.717) is 36.2 Å². The average molecular weight is 634 g/mol. The van der Waals surface area contributed by atoms with E-state index in [9.17, 15) is 32.3 Å². The van der Waals surface area contributed by atoms with Crippen LogP contribution in [0.4, 0.5) is 18.9 Å². The third-order valence-corrected chi connectivity index (χ3v) is 6.91. The Hall–Kier alpha value is -5.64. The number of hydrogen-bond donors (Lipinski definition) is 2. The van der Waals surface area contributed by atoms with Gasteiger partial charge in [0.2, 0.25) is 5.91 Å². The van der Waals surface area contributed by atoms with E-state index in [1.807, 2.05) is 18.2 Å². The molecule has 0 fully saturated rings. The summed E-state index contributed by atoms with van der Waals surface area (Å²) in [7, 11) is 0. The number of amides is 2. The third kappa shape index (κ3) is 8.72. The topological polar surface area (TPSA) is 148 Å². The highest BCUT2D eigenvalue weighted by Crippen LogP contribution is 2.34. The highest BCUT2D eigenvalue weighted by atomic mass is 19.4. The standard InChI is InChI=1S/C33H30F3N5O5/c34-33(35,36)31(45)46-29(43)19-27(24-13-7-2-8-14-24)41-21-28(42)40(20-23-11-4-1-5-12-23)26-16-15-22(18-25(26)30(41)44)10-6-3-9-17-39-32(37)38/h1-2,4-5,7-8,11-16,18,27H,3,9,17,19-21H2,(H4,37,38,39). The minimum absolute atomic E-state index is 0.0228. The molecule has 4 N–H and O–H groups in total. The molecule has 46 heavy (non-hydrogen) atoms. The van der Waals surface area contributed by atoms with Crippen molar-refractivity contribution in [1.29, 1.82) is 0 Å². The van der Waals surface area contributed by atoms with Gasteiger partial charge in [-0.1, -0.05) is 72.5 Å². The van der Waals surface area contributed by atoms with Crippen molar-refractivity contribution in [3.05, 3.63) is 101 Å². The molecule has 1 unspecified atom stereocenters. The summed E-state index contributed by atoms with van der Waals surface area (Å²) in [5.74, 6) is 0.604. The number of ether oxygens (including phenoxy) is 1. The Labute approximate surface area is 262 Å². The SMILES string of the molecule is NC(N)=NCCCC#Cc1ccc2c(c1)C(=O)N(C(CC(=O)OC(=O)C(F)(F)F)c1ccccc1)CC(=O)N2Cc1ccccc1. The maximum Gasteiger partial charge on any atom is 0.491 e. The molecular formula is C33H30F3N5O5. The number of anilines is 1. The molecule has 3 aromatic rings. The van der Waals surface area contributed by atoms with Crippen LogP contribution >= 0.6 is 0 Å². The number of rotatable bonds is 9. The summed E-state index contributed by atoms with van der Waals surface area (Å²) in [5.41, 5.74) is 12.6. The predicted molar refractivity (Wildman–Crippen MR) is 163 cm³/mol. The Morgan fingerprint density at radius 1 is 0.978 bits per heavy atom. The molecule has 13 heteroatoms. The summed E-state index contributed by atoms with van der Waals surface area (Å²) in [6.45, 7) is -0.0168. The fraction of sp³-hybridized carbons (Fsp3) is 0.242. The molecule has 2 amide bonds. The number of benzene rings is 3. The van der Waals surface area contributed by atoms with E-state index in [1.54, 1.807) is 54.6 Å². The lowest BCUT2D eigenvalue weighted by Crippen LogP contribution is -2.42. The highest BCUT2D eigenvalue weighted by molar-refractivity contribution is 6.10. The Balaban J connectivity index is 1.73. The van der Waals surface area contributed by atoms with Gasteiger partial charge in [0.15, 0.2) is 5.96 Å². The van der Waals surface area contributed by atoms with Crippen LogP contribution in [0, 0.1) is 11.8 Å². The summed E-state index contributed by atoms with van der Waals surface area (Å²) in [6, 6.07) is 20.6. The maximum absolute atomic E-state index is 14.3. The second-order valence-electron chi connectivity index (χ2n) is 10.2. The Kier molecular flexibility index (Phi) is 10.8. The summed E-state index contributed by atoms with van der Waals surface area (Å²) in [4.78, 5) is 58.5. The lowest BCUT2D eigenvalue weighted by atomic mass is 10.00. The number of guanidine groups is 1. The van der Waals surface area contributed by atoms with Crippen LogP contribution in [0.5, 0.6) is 0 Å². The first kappa shape index (κ1) is 33.3. The van der Waals surface area contributed by atoms with Gasteiger partial charge in [-0.15, -0.1) is 0 Å². The number of nitrogens with zero attached hydrogens (tertiary/aromatic N) is 3. The fourth-order valence-electron chi connectivity index (χ4n) is 4.79. The van der Waals surface area contributed by atoms with E-state index in [-0.39, 0.29) is 18.1 Å². The van der Waals surface area contributed by atoms with Crippen molar-refractivity contribution in [1.82, 2.24) is 4.90 Å². The molecule has 0 radical (unpaired) electrons. The first-order chi connectivity index (χ1) is 21.9. The van der Waals surface area contributed by atoms with Crippen LogP contribution < -0.4 is 16.4 Å². The quantitative estimate of drug-likeness (QED) is 0.0909. The van der Waals surface area contributed by atoms with E-state index in [4.69, 9.17) is 11.5 Å². The zero-order valence-electron chi connectivity index (χ0n) is 24.5. The third-order valence-electron chi connectivity index (χ3n) is 6.91. The van der Waals surface area contributed by atoms with Gasteiger partial charge in [-0.05, 0) is 35.7 Å². The van der Waals surface area contributed by atoms with E-state index < -0.39 is 48.9 Å². The lowest BCUT2D eigenvalue weighted by molar-refractivity contribution is -0.202. The van der Waals surface area contributed by atoms with Crippen LogP contribution in [0.1, 0.15) is 52.4 Å². The molecule has 4 rings (SSSR count). The van der Waals surface area contributed by atoms with Crippen LogP contribution in [0.3, 0.4) is 0 Å². The number of alkyl halides is 3. The summed E-state index contributed by atoms with van der Waals surface area (Å²) >= 11 is 0. The molecule has 0 saturated carbocycles. The molecule has 1 atom stereocenters. The monoisotopic (exact) mass is 633 g/mol. The number of esters is 2. The van der Waals surface area contributed by atoms with Crippen LogP contribution in [0.15, 0.2) is 83.9 Å². The Morgan fingerprint density at radius 3 is 2.30 bits per heavy atom. The number of unbranched alkanes of at least 4 members (excludes halogenated alkanes) is 1. The van der Waals surface area contributed by atoms with E-state index >= 15 is 0 Å². The molecule has 0 aromatic heterocycles. The normalized spacial score (nSPS) is 13.5. The molecule has 1 aliphatic heterocycles. The van der Waals surface area contributed by atoms with Gasteiger partial charge in [0.25, 0.3) is 5.91 Å². The highest BCUT2D eigenvalue weighted by Gasteiger charge is 2.43. The smallest absolute Gasteiger partial charge is 0.386 e. The minimum Gasteiger partial charge on any atom is -0.386 e. The van der Waals surface area contributed by atoms with Crippen molar-refractivity contribution < 1.29 is 37.1 Å². The Morgan fingerprint density at radius 2 is 1.65 bits per heavy atom. The number of carbonyl (C=O) groups excluding carboxylic acids is 4. The Bertz CT molecular complexity index is 1680. The number of carbonyl (C=O) groups is 4.